The van der Waals surface area contributed by atoms with Crippen LogP contribution in [0, 0.1) is 0 Å². The third-order valence-electron chi connectivity index (χ3n) is 5.87. The van der Waals surface area contributed by atoms with Gasteiger partial charge in [-0.1, -0.05) is 44.2 Å². The van der Waals surface area contributed by atoms with E-state index >= 15 is 0 Å². The van der Waals surface area contributed by atoms with Crippen LogP contribution in [0.5, 0.6) is 5.75 Å². The molecule has 1 amide bonds. The number of amides is 1. The smallest absolute Gasteiger partial charge is 0.225 e. The van der Waals surface area contributed by atoms with E-state index in [1.165, 1.54) is 5.69 Å². The molecule has 0 saturated carbocycles. The molecule has 1 fully saturated rings. The lowest BCUT2D eigenvalue weighted by atomic mass is 10.2. The molecule has 31 heavy (non-hydrogen) atoms. The van der Waals surface area contributed by atoms with Crippen LogP contribution < -0.4 is 15.0 Å². The van der Waals surface area contributed by atoms with Crippen LogP contribution in [0.4, 0.5) is 11.4 Å². The molecule has 1 heterocycles. The number of hydrogen-bond donors (Lipinski definition) is 1. The zero-order valence-electron chi connectivity index (χ0n) is 18.9. The molecule has 0 bridgehead atoms. The Labute approximate surface area is 186 Å². The Kier molecular flexibility index (Phi) is 9.18. The minimum atomic E-state index is 0.0327. The molecule has 0 atom stereocenters. The average molecular weight is 425 g/mol. The van der Waals surface area contributed by atoms with Crippen LogP contribution in [0.2, 0.25) is 0 Å². The summed E-state index contributed by atoms with van der Waals surface area (Å²) in [6.45, 7) is 12.5. The second-order valence-corrected chi connectivity index (χ2v) is 7.83. The highest BCUT2D eigenvalue weighted by Crippen LogP contribution is 2.24. The number of nitrogens with one attached hydrogen (secondary N) is 1. The highest BCUT2D eigenvalue weighted by molar-refractivity contribution is 5.92. The van der Waals surface area contributed by atoms with Crippen LogP contribution in [0.1, 0.15) is 20.3 Å². The Morgan fingerprint density at radius 3 is 2.35 bits per heavy atom. The van der Waals surface area contributed by atoms with Gasteiger partial charge in [-0.3, -0.25) is 9.69 Å². The van der Waals surface area contributed by atoms with Gasteiger partial charge < -0.3 is 19.9 Å². The van der Waals surface area contributed by atoms with Crippen molar-refractivity contribution in [1.82, 2.24) is 9.80 Å². The van der Waals surface area contributed by atoms with Gasteiger partial charge in [0.1, 0.15) is 12.4 Å². The van der Waals surface area contributed by atoms with Gasteiger partial charge in [0.25, 0.3) is 0 Å². The van der Waals surface area contributed by atoms with E-state index in [0.717, 1.165) is 63.8 Å². The van der Waals surface area contributed by atoms with E-state index in [9.17, 15) is 4.79 Å². The predicted molar refractivity (Wildman–Crippen MR) is 128 cm³/mol. The van der Waals surface area contributed by atoms with Gasteiger partial charge in [0.2, 0.25) is 5.91 Å². The van der Waals surface area contributed by atoms with E-state index in [1.54, 1.807) is 0 Å². The third-order valence-corrected chi connectivity index (χ3v) is 5.87. The summed E-state index contributed by atoms with van der Waals surface area (Å²) < 4.78 is 5.95. The first-order valence-electron chi connectivity index (χ1n) is 11.5. The normalized spacial score (nSPS) is 14.6. The van der Waals surface area contributed by atoms with Gasteiger partial charge in [-0.25, -0.2) is 0 Å². The maximum absolute atomic E-state index is 12.6. The molecule has 6 heteroatoms. The second-order valence-electron chi connectivity index (χ2n) is 7.83. The second kappa shape index (κ2) is 12.3. The quantitative estimate of drug-likeness (QED) is 0.598. The minimum absolute atomic E-state index is 0.0327. The first-order valence-corrected chi connectivity index (χ1v) is 11.5. The highest BCUT2D eigenvalue weighted by Gasteiger charge is 2.18. The fourth-order valence-corrected chi connectivity index (χ4v) is 3.86. The Morgan fingerprint density at radius 2 is 1.65 bits per heavy atom. The van der Waals surface area contributed by atoms with Crippen molar-refractivity contribution in [2.45, 2.75) is 20.3 Å². The van der Waals surface area contributed by atoms with Crippen LogP contribution in [0.25, 0.3) is 0 Å². The fourth-order valence-electron chi connectivity index (χ4n) is 3.86. The molecule has 0 aromatic heterocycles. The molecule has 1 N–H and O–H groups in total. The molecule has 1 saturated heterocycles. The Bertz CT molecular complexity index is 787. The van der Waals surface area contributed by atoms with E-state index in [-0.39, 0.29) is 5.91 Å². The molecule has 3 rings (SSSR count). The number of piperazine rings is 1. The molecule has 0 spiro atoms. The summed E-state index contributed by atoms with van der Waals surface area (Å²) in [7, 11) is 0. The Balaban J connectivity index is 1.41. The summed E-state index contributed by atoms with van der Waals surface area (Å²) >= 11 is 0. The molecular weight excluding hydrogens is 388 g/mol. The lowest BCUT2D eigenvalue weighted by Crippen LogP contribution is -2.47. The van der Waals surface area contributed by atoms with Crippen LogP contribution in [-0.4, -0.2) is 74.7 Å². The summed E-state index contributed by atoms with van der Waals surface area (Å²) in [6.07, 6.45) is 0.485. The lowest BCUT2D eigenvalue weighted by Gasteiger charge is -2.36. The van der Waals surface area contributed by atoms with Crippen molar-refractivity contribution in [1.29, 1.82) is 0 Å². The minimum Gasteiger partial charge on any atom is -0.490 e. The summed E-state index contributed by atoms with van der Waals surface area (Å²) in [5.74, 6) is 0.768. The number of anilines is 2. The van der Waals surface area contributed by atoms with Crippen molar-refractivity contribution in [2.75, 3.05) is 69.2 Å². The fraction of sp³-hybridized carbons (Fsp3) is 0.480. The van der Waals surface area contributed by atoms with Gasteiger partial charge in [-0.15, -0.1) is 0 Å². The molecule has 1 aliphatic heterocycles. The maximum Gasteiger partial charge on any atom is 0.225 e. The predicted octanol–water partition coefficient (Wildman–Crippen LogP) is 3.56. The number of hydrogen-bond acceptors (Lipinski definition) is 5. The van der Waals surface area contributed by atoms with Gasteiger partial charge in [-0.2, -0.15) is 0 Å². The molecule has 168 valence electrons. The number of likely N-dealkylation sites (N-methyl/N-ethyl adjacent to an activating group) is 1. The number of benzene rings is 2. The molecule has 6 nitrogen and oxygen atoms in total. The number of rotatable bonds is 11. The van der Waals surface area contributed by atoms with Crippen LogP contribution in [0.15, 0.2) is 54.6 Å². The molecule has 0 aliphatic carbocycles. The molecule has 2 aromatic rings. The summed E-state index contributed by atoms with van der Waals surface area (Å²) in [4.78, 5) is 19.6. The van der Waals surface area contributed by atoms with Gasteiger partial charge in [0, 0.05) is 51.4 Å². The molecule has 0 radical (unpaired) electrons. The number of ether oxygens (including phenoxy) is 1. The molecule has 0 unspecified atom stereocenters. The van der Waals surface area contributed by atoms with E-state index in [2.05, 4.69) is 58.1 Å². The van der Waals surface area contributed by atoms with E-state index < -0.39 is 0 Å². The first kappa shape index (κ1) is 23.1. The average Bonchev–Trinajstić information content (AvgIpc) is 2.82. The standard InChI is InChI=1S/C25H36N4O2/c1-3-27(4-2)20-21-31-24-13-9-8-12-23(24)26-25(30)14-15-28-16-18-29(19-17-28)22-10-6-5-7-11-22/h5-13H,3-4,14-21H2,1-2H3,(H,26,30). The van der Waals surface area contributed by atoms with Gasteiger partial charge in [0.05, 0.1) is 5.69 Å². The van der Waals surface area contributed by atoms with Crippen LogP contribution in [-0.2, 0) is 4.79 Å². The van der Waals surface area contributed by atoms with E-state index in [4.69, 9.17) is 4.74 Å². The van der Waals surface area contributed by atoms with Gasteiger partial charge >= 0.3 is 0 Å². The van der Waals surface area contributed by atoms with Gasteiger partial charge in [0.15, 0.2) is 0 Å². The van der Waals surface area contributed by atoms with Crippen molar-refractivity contribution in [2.24, 2.45) is 0 Å². The zero-order valence-corrected chi connectivity index (χ0v) is 18.9. The number of para-hydroxylation sites is 3. The lowest BCUT2D eigenvalue weighted by molar-refractivity contribution is -0.116. The summed E-state index contributed by atoms with van der Waals surface area (Å²) in [5.41, 5.74) is 2.03. The van der Waals surface area contributed by atoms with Crippen molar-refractivity contribution >= 4 is 17.3 Å². The molecular formula is C25H36N4O2. The van der Waals surface area contributed by atoms with Gasteiger partial charge in [-0.05, 0) is 37.4 Å². The molecule has 1 aliphatic rings. The highest BCUT2D eigenvalue weighted by atomic mass is 16.5. The number of nitrogens with zero attached hydrogens (tertiary/aromatic N) is 3. The SMILES string of the molecule is CCN(CC)CCOc1ccccc1NC(=O)CCN1CCN(c2ccccc2)CC1. The van der Waals surface area contributed by atoms with E-state index in [0.29, 0.717) is 13.0 Å². The maximum atomic E-state index is 12.6. The number of carbonyl (C=O) groups is 1. The molecule has 2 aromatic carbocycles. The van der Waals surface area contributed by atoms with Crippen molar-refractivity contribution in [3.63, 3.8) is 0 Å². The van der Waals surface area contributed by atoms with Crippen LogP contribution >= 0.6 is 0 Å². The monoisotopic (exact) mass is 424 g/mol. The summed E-state index contributed by atoms with van der Waals surface area (Å²) in [5, 5.41) is 3.04. The summed E-state index contributed by atoms with van der Waals surface area (Å²) in [6, 6.07) is 18.2. The Morgan fingerprint density at radius 1 is 0.968 bits per heavy atom. The van der Waals surface area contributed by atoms with Crippen molar-refractivity contribution < 1.29 is 9.53 Å². The van der Waals surface area contributed by atoms with Crippen molar-refractivity contribution in [3.05, 3.63) is 54.6 Å². The zero-order chi connectivity index (χ0) is 21.9. The topological polar surface area (TPSA) is 48.1 Å². The van der Waals surface area contributed by atoms with Crippen LogP contribution in [0.3, 0.4) is 0 Å². The first-order chi connectivity index (χ1) is 15.2. The number of carbonyl (C=O) groups excluding carboxylic acids is 1. The third kappa shape index (κ3) is 7.26. The van der Waals surface area contributed by atoms with E-state index in [1.807, 2.05) is 30.3 Å². The Hall–Kier alpha value is -2.57. The van der Waals surface area contributed by atoms with Crippen molar-refractivity contribution in [3.8, 4) is 5.75 Å². The largest absolute Gasteiger partial charge is 0.490 e.